The fourth-order valence-corrected chi connectivity index (χ4v) is 4.84. The van der Waals surface area contributed by atoms with Gasteiger partial charge in [-0.1, -0.05) is 26.2 Å². The first-order chi connectivity index (χ1) is 8.86. The third-order valence-corrected chi connectivity index (χ3v) is 6.14. The van der Waals surface area contributed by atoms with Gasteiger partial charge >= 0.3 is 0 Å². The Morgan fingerprint density at radius 1 is 1.39 bits per heavy atom. The second-order valence-electron chi connectivity index (χ2n) is 5.34. The monoisotopic (exact) mass is 279 g/mol. The average Bonchev–Trinajstić information content (AvgIpc) is 2.87. The molecule has 0 saturated heterocycles. The number of nitrogens with one attached hydrogen (secondary N) is 1. The van der Waals surface area contributed by atoms with Crippen LogP contribution in [0.3, 0.4) is 0 Å². The molecule has 1 N–H and O–H groups in total. The zero-order chi connectivity index (χ0) is 12.4. The van der Waals surface area contributed by atoms with Crippen molar-refractivity contribution >= 4 is 32.1 Å². The van der Waals surface area contributed by atoms with Crippen molar-refractivity contribution in [2.75, 3.05) is 6.54 Å². The Bertz CT molecular complexity index is 467. The predicted molar refractivity (Wildman–Crippen MR) is 82.7 cm³/mol. The van der Waals surface area contributed by atoms with Crippen LogP contribution >= 0.6 is 22.7 Å². The van der Waals surface area contributed by atoms with Crippen LogP contribution in [0.15, 0.2) is 17.5 Å². The predicted octanol–water partition coefficient (Wildman–Crippen LogP) is 5.19. The number of rotatable bonds is 6. The molecule has 0 amide bonds. The van der Waals surface area contributed by atoms with E-state index in [4.69, 9.17) is 0 Å². The fraction of sp³-hybridized carbons (Fsp3) is 0.600. The standard InChI is InChI=1S/C15H21NS2/c1-2-7-16-12(9-11-4-3-5-11)14-10-15-13(18-14)6-8-17-15/h6,8,10-12,16H,2-5,7,9H2,1H3. The first kappa shape index (κ1) is 12.6. The van der Waals surface area contributed by atoms with Crippen molar-refractivity contribution in [1.29, 1.82) is 0 Å². The lowest BCUT2D eigenvalue weighted by Crippen LogP contribution is -2.26. The van der Waals surface area contributed by atoms with Gasteiger partial charge in [-0.05, 0) is 42.8 Å². The normalized spacial score (nSPS) is 18.1. The van der Waals surface area contributed by atoms with E-state index in [9.17, 15) is 0 Å². The molecule has 0 spiro atoms. The molecule has 1 nitrogen and oxygen atoms in total. The lowest BCUT2D eigenvalue weighted by molar-refractivity contribution is 0.262. The van der Waals surface area contributed by atoms with Crippen molar-refractivity contribution in [2.45, 2.75) is 45.1 Å². The van der Waals surface area contributed by atoms with Gasteiger partial charge in [-0.25, -0.2) is 0 Å². The Hall–Kier alpha value is -0.380. The van der Waals surface area contributed by atoms with E-state index in [0.29, 0.717) is 6.04 Å². The van der Waals surface area contributed by atoms with E-state index in [-0.39, 0.29) is 0 Å². The van der Waals surface area contributed by atoms with Crippen LogP contribution in [0.4, 0.5) is 0 Å². The molecule has 0 bridgehead atoms. The van der Waals surface area contributed by atoms with Crippen LogP contribution in [0.25, 0.3) is 9.40 Å². The lowest BCUT2D eigenvalue weighted by atomic mass is 9.80. The van der Waals surface area contributed by atoms with Gasteiger partial charge < -0.3 is 5.32 Å². The highest BCUT2D eigenvalue weighted by atomic mass is 32.1. The zero-order valence-electron chi connectivity index (χ0n) is 10.9. The molecular weight excluding hydrogens is 258 g/mol. The molecule has 1 atom stereocenters. The lowest BCUT2D eigenvalue weighted by Gasteiger charge is -2.29. The molecule has 18 heavy (non-hydrogen) atoms. The Kier molecular flexibility index (Phi) is 4.02. The van der Waals surface area contributed by atoms with Crippen LogP contribution in [0.1, 0.15) is 49.9 Å². The maximum atomic E-state index is 3.75. The Balaban J connectivity index is 1.75. The molecule has 0 aliphatic heterocycles. The van der Waals surface area contributed by atoms with Crippen molar-refractivity contribution < 1.29 is 0 Å². The van der Waals surface area contributed by atoms with Crippen molar-refractivity contribution in [2.24, 2.45) is 5.92 Å². The summed E-state index contributed by atoms with van der Waals surface area (Å²) < 4.78 is 2.93. The van der Waals surface area contributed by atoms with Crippen LogP contribution in [0, 0.1) is 5.92 Å². The number of fused-ring (bicyclic) bond motifs is 1. The largest absolute Gasteiger partial charge is 0.309 e. The molecule has 1 unspecified atom stereocenters. The van der Waals surface area contributed by atoms with E-state index in [1.165, 1.54) is 41.5 Å². The summed E-state index contributed by atoms with van der Waals surface area (Å²) in [5.41, 5.74) is 0. The van der Waals surface area contributed by atoms with Crippen molar-refractivity contribution in [3.63, 3.8) is 0 Å². The molecule has 3 heteroatoms. The Morgan fingerprint density at radius 3 is 2.94 bits per heavy atom. The second kappa shape index (κ2) is 5.72. The van der Waals surface area contributed by atoms with Crippen LogP contribution in [-0.4, -0.2) is 6.54 Å². The summed E-state index contributed by atoms with van der Waals surface area (Å²) in [6.07, 6.45) is 6.91. The van der Waals surface area contributed by atoms with Crippen molar-refractivity contribution in [1.82, 2.24) is 5.32 Å². The molecule has 1 aliphatic carbocycles. The summed E-state index contributed by atoms with van der Waals surface area (Å²) in [6, 6.07) is 5.27. The minimum atomic E-state index is 0.597. The van der Waals surface area contributed by atoms with Gasteiger partial charge in [-0.2, -0.15) is 0 Å². The van der Waals surface area contributed by atoms with E-state index in [1.807, 2.05) is 22.7 Å². The Morgan fingerprint density at radius 2 is 2.28 bits per heavy atom. The molecule has 1 aliphatic rings. The highest BCUT2D eigenvalue weighted by Gasteiger charge is 2.24. The summed E-state index contributed by atoms with van der Waals surface area (Å²) in [5.74, 6) is 0.972. The first-order valence-electron chi connectivity index (χ1n) is 7.07. The van der Waals surface area contributed by atoms with E-state index >= 15 is 0 Å². The SMILES string of the molecule is CCCNC(CC1CCC1)c1cc2sccc2s1. The van der Waals surface area contributed by atoms with Crippen molar-refractivity contribution in [3.8, 4) is 0 Å². The number of hydrogen-bond acceptors (Lipinski definition) is 3. The highest BCUT2D eigenvalue weighted by molar-refractivity contribution is 7.26. The van der Waals surface area contributed by atoms with E-state index in [1.54, 1.807) is 4.88 Å². The highest BCUT2D eigenvalue weighted by Crippen LogP contribution is 2.39. The molecule has 2 heterocycles. The number of hydrogen-bond donors (Lipinski definition) is 1. The molecular formula is C15H21NS2. The van der Waals surface area contributed by atoms with Gasteiger partial charge in [0, 0.05) is 20.3 Å². The van der Waals surface area contributed by atoms with Gasteiger partial charge in [0.25, 0.3) is 0 Å². The van der Waals surface area contributed by atoms with Crippen LogP contribution < -0.4 is 5.32 Å². The van der Waals surface area contributed by atoms with Gasteiger partial charge in [0.1, 0.15) is 0 Å². The Labute approximate surface area is 117 Å². The fourth-order valence-electron chi connectivity index (χ4n) is 2.64. The van der Waals surface area contributed by atoms with E-state index in [2.05, 4.69) is 29.8 Å². The summed E-state index contributed by atoms with van der Waals surface area (Å²) in [4.78, 5) is 1.55. The molecule has 98 valence electrons. The van der Waals surface area contributed by atoms with Crippen LogP contribution in [0.5, 0.6) is 0 Å². The molecule has 1 saturated carbocycles. The van der Waals surface area contributed by atoms with E-state index < -0.39 is 0 Å². The van der Waals surface area contributed by atoms with Gasteiger partial charge in [0.2, 0.25) is 0 Å². The second-order valence-corrected chi connectivity index (χ2v) is 7.40. The summed E-state index contributed by atoms with van der Waals surface area (Å²) in [6.45, 7) is 3.39. The van der Waals surface area contributed by atoms with Crippen LogP contribution in [0.2, 0.25) is 0 Å². The average molecular weight is 279 g/mol. The summed E-state index contributed by atoms with van der Waals surface area (Å²) >= 11 is 3.86. The third kappa shape index (κ3) is 2.63. The quantitative estimate of drug-likeness (QED) is 0.767. The van der Waals surface area contributed by atoms with Crippen LogP contribution in [-0.2, 0) is 0 Å². The summed E-state index contributed by atoms with van der Waals surface area (Å²) in [7, 11) is 0. The maximum absolute atomic E-state index is 3.75. The molecule has 0 aromatic carbocycles. The minimum absolute atomic E-state index is 0.597. The molecule has 1 fully saturated rings. The van der Waals surface area contributed by atoms with Gasteiger partial charge in [0.15, 0.2) is 0 Å². The zero-order valence-corrected chi connectivity index (χ0v) is 12.6. The van der Waals surface area contributed by atoms with Gasteiger partial charge in [0.05, 0.1) is 0 Å². The first-order valence-corrected chi connectivity index (χ1v) is 8.76. The molecule has 0 radical (unpaired) electrons. The van der Waals surface area contributed by atoms with Gasteiger partial charge in [-0.15, -0.1) is 22.7 Å². The molecule has 2 aromatic heterocycles. The summed E-state index contributed by atoms with van der Waals surface area (Å²) in [5, 5.41) is 5.95. The van der Waals surface area contributed by atoms with Gasteiger partial charge in [-0.3, -0.25) is 0 Å². The topological polar surface area (TPSA) is 12.0 Å². The molecule has 3 rings (SSSR count). The maximum Gasteiger partial charge on any atom is 0.0454 e. The van der Waals surface area contributed by atoms with E-state index in [0.717, 1.165) is 12.5 Å². The smallest absolute Gasteiger partial charge is 0.0454 e. The number of thiophene rings is 2. The van der Waals surface area contributed by atoms with Crippen molar-refractivity contribution in [3.05, 3.63) is 22.4 Å². The third-order valence-electron chi connectivity index (χ3n) is 3.94. The molecule has 2 aromatic rings. The minimum Gasteiger partial charge on any atom is -0.309 e.